The smallest absolute Gasteiger partial charge is 0.150 e. The Morgan fingerprint density at radius 1 is 1.45 bits per heavy atom. The van der Waals surface area contributed by atoms with Crippen LogP contribution in [-0.4, -0.2) is 12.2 Å². The molecule has 0 spiro atoms. The first-order chi connectivity index (χ1) is 5.36. The summed E-state index contributed by atoms with van der Waals surface area (Å²) >= 11 is 5.54. The van der Waals surface area contributed by atoms with E-state index in [0.29, 0.717) is 11.4 Å². The zero-order chi connectivity index (χ0) is 8.10. The maximum absolute atomic E-state index is 10.3. The van der Waals surface area contributed by atoms with Gasteiger partial charge in [-0.2, -0.15) is 0 Å². The first-order valence-electron chi connectivity index (χ1n) is 3.47. The highest BCUT2D eigenvalue weighted by molar-refractivity contribution is 6.17. The predicted octanol–water partition coefficient (Wildman–Crippen LogP) is 2.28. The van der Waals surface area contributed by atoms with E-state index < -0.39 is 0 Å². The average molecular weight is 169 g/mol. The van der Waals surface area contributed by atoms with Gasteiger partial charge in [0.25, 0.3) is 0 Å². The quantitative estimate of drug-likeness (QED) is 0.500. The largest absolute Gasteiger partial charge is 0.298 e. The number of alkyl halides is 1. The number of hydrogen-bond acceptors (Lipinski definition) is 1. The van der Waals surface area contributed by atoms with Crippen molar-refractivity contribution < 1.29 is 4.79 Å². The lowest BCUT2D eigenvalue weighted by Crippen LogP contribution is -1.87. The molecule has 0 fully saturated rings. The van der Waals surface area contributed by atoms with Crippen LogP contribution in [-0.2, 0) is 6.42 Å². The number of carbonyl (C=O) groups is 1. The van der Waals surface area contributed by atoms with Crippen LogP contribution in [0.25, 0.3) is 0 Å². The maximum Gasteiger partial charge on any atom is 0.150 e. The van der Waals surface area contributed by atoms with E-state index in [1.165, 1.54) is 0 Å². The van der Waals surface area contributed by atoms with Crippen LogP contribution < -0.4 is 0 Å². The number of rotatable bonds is 3. The number of carbonyl (C=O) groups excluding carboxylic acids is 1. The summed E-state index contributed by atoms with van der Waals surface area (Å²) in [5.41, 5.74) is 1.83. The lowest BCUT2D eigenvalue weighted by Gasteiger charge is -1.96. The molecule has 0 radical (unpaired) electrons. The Morgan fingerprint density at radius 3 is 2.91 bits per heavy atom. The van der Waals surface area contributed by atoms with Gasteiger partial charge >= 0.3 is 0 Å². The molecule has 0 bridgehead atoms. The maximum atomic E-state index is 10.3. The second-order valence-electron chi connectivity index (χ2n) is 2.30. The number of halogens is 1. The van der Waals surface area contributed by atoms with E-state index in [1.54, 1.807) is 6.07 Å². The molecule has 0 amide bonds. The second kappa shape index (κ2) is 4.14. The fraction of sp³-hybridized carbons (Fsp3) is 0.222. The second-order valence-corrected chi connectivity index (χ2v) is 2.68. The van der Waals surface area contributed by atoms with Crippen LogP contribution >= 0.6 is 11.6 Å². The van der Waals surface area contributed by atoms with Gasteiger partial charge in [0.2, 0.25) is 0 Å². The molecule has 1 aromatic carbocycles. The van der Waals surface area contributed by atoms with Crippen molar-refractivity contribution in [2.75, 3.05) is 5.88 Å². The van der Waals surface area contributed by atoms with E-state index in [9.17, 15) is 4.79 Å². The van der Waals surface area contributed by atoms with E-state index in [2.05, 4.69) is 0 Å². The topological polar surface area (TPSA) is 17.1 Å². The number of aryl methyl sites for hydroxylation is 1. The first-order valence-corrected chi connectivity index (χ1v) is 4.00. The van der Waals surface area contributed by atoms with E-state index in [0.717, 1.165) is 18.3 Å². The molecule has 11 heavy (non-hydrogen) atoms. The fourth-order valence-corrected chi connectivity index (χ4v) is 1.15. The van der Waals surface area contributed by atoms with Crippen LogP contribution in [0.2, 0.25) is 0 Å². The van der Waals surface area contributed by atoms with Crippen LogP contribution in [0.1, 0.15) is 15.9 Å². The lowest BCUT2D eigenvalue weighted by atomic mass is 10.1. The highest BCUT2D eigenvalue weighted by Crippen LogP contribution is 2.04. The average Bonchev–Trinajstić information content (AvgIpc) is 2.06. The minimum absolute atomic E-state index is 0.600. The molecule has 0 aliphatic heterocycles. The summed E-state index contributed by atoms with van der Waals surface area (Å²) < 4.78 is 0. The Labute approximate surface area is 71.0 Å². The van der Waals surface area contributed by atoms with Crippen molar-refractivity contribution in [3.63, 3.8) is 0 Å². The SMILES string of the molecule is O=Cc1cccc(CCCl)c1. The molecule has 0 N–H and O–H groups in total. The third-order valence-corrected chi connectivity index (χ3v) is 1.66. The van der Waals surface area contributed by atoms with Gasteiger partial charge in [0, 0.05) is 11.4 Å². The molecule has 1 rings (SSSR count). The molecule has 2 heteroatoms. The highest BCUT2D eigenvalue weighted by atomic mass is 35.5. The number of aldehydes is 1. The Kier molecular flexibility index (Phi) is 3.12. The van der Waals surface area contributed by atoms with Crippen LogP contribution in [0, 0.1) is 0 Å². The van der Waals surface area contributed by atoms with Crippen molar-refractivity contribution in [1.29, 1.82) is 0 Å². The third-order valence-electron chi connectivity index (χ3n) is 1.47. The fourth-order valence-electron chi connectivity index (χ4n) is 0.931. The highest BCUT2D eigenvalue weighted by Gasteiger charge is 1.92. The third kappa shape index (κ3) is 2.35. The minimum atomic E-state index is 0.600. The number of benzene rings is 1. The van der Waals surface area contributed by atoms with Crippen molar-refractivity contribution in [2.45, 2.75) is 6.42 Å². The number of hydrogen-bond donors (Lipinski definition) is 0. The summed E-state index contributed by atoms with van der Waals surface area (Å²) in [4.78, 5) is 10.3. The van der Waals surface area contributed by atoms with Crippen molar-refractivity contribution >= 4 is 17.9 Å². The summed E-state index contributed by atoms with van der Waals surface area (Å²) in [5.74, 6) is 0.600. The van der Waals surface area contributed by atoms with Crippen LogP contribution in [0.15, 0.2) is 24.3 Å². The standard InChI is InChI=1S/C9H9ClO/c10-5-4-8-2-1-3-9(6-8)7-11/h1-3,6-7H,4-5H2. The molecule has 0 aliphatic rings. The van der Waals surface area contributed by atoms with Crippen molar-refractivity contribution in [3.8, 4) is 0 Å². The Hall–Kier alpha value is -0.820. The van der Waals surface area contributed by atoms with Gasteiger partial charge < -0.3 is 0 Å². The van der Waals surface area contributed by atoms with Crippen molar-refractivity contribution in [2.24, 2.45) is 0 Å². The molecular formula is C9H9ClO. The summed E-state index contributed by atoms with van der Waals surface area (Å²) in [7, 11) is 0. The zero-order valence-electron chi connectivity index (χ0n) is 6.09. The Morgan fingerprint density at radius 2 is 2.27 bits per heavy atom. The van der Waals surface area contributed by atoms with Gasteiger partial charge in [-0.3, -0.25) is 4.79 Å². The molecular weight excluding hydrogens is 160 g/mol. The van der Waals surface area contributed by atoms with Gasteiger partial charge in [0.1, 0.15) is 6.29 Å². The lowest BCUT2D eigenvalue weighted by molar-refractivity contribution is 0.112. The van der Waals surface area contributed by atoms with Gasteiger partial charge in [-0.1, -0.05) is 18.2 Å². The normalized spacial score (nSPS) is 9.55. The van der Waals surface area contributed by atoms with Crippen LogP contribution in [0.3, 0.4) is 0 Å². The molecule has 0 saturated carbocycles. The van der Waals surface area contributed by atoms with E-state index in [4.69, 9.17) is 11.6 Å². The summed E-state index contributed by atoms with van der Waals surface area (Å²) in [5, 5.41) is 0. The van der Waals surface area contributed by atoms with Gasteiger partial charge in [-0.15, -0.1) is 11.6 Å². The van der Waals surface area contributed by atoms with Gasteiger partial charge in [-0.25, -0.2) is 0 Å². The van der Waals surface area contributed by atoms with E-state index >= 15 is 0 Å². The predicted molar refractivity (Wildman–Crippen MR) is 46.3 cm³/mol. The van der Waals surface area contributed by atoms with E-state index in [-0.39, 0.29) is 0 Å². The van der Waals surface area contributed by atoms with Gasteiger partial charge in [-0.05, 0) is 18.1 Å². The summed E-state index contributed by atoms with van der Waals surface area (Å²) in [6, 6.07) is 7.47. The Bertz CT molecular complexity index is 245. The van der Waals surface area contributed by atoms with Gasteiger partial charge in [0.15, 0.2) is 0 Å². The summed E-state index contributed by atoms with van der Waals surface area (Å²) in [6.07, 6.45) is 1.67. The van der Waals surface area contributed by atoms with Crippen molar-refractivity contribution in [3.05, 3.63) is 35.4 Å². The molecule has 0 saturated heterocycles. The molecule has 0 aromatic heterocycles. The van der Waals surface area contributed by atoms with Gasteiger partial charge in [0.05, 0.1) is 0 Å². The molecule has 0 unspecified atom stereocenters. The minimum Gasteiger partial charge on any atom is -0.298 e. The molecule has 1 nitrogen and oxygen atoms in total. The molecule has 58 valence electrons. The molecule has 0 aliphatic carbocycles. The van der Waals surface area contributed by atoms with Crippen LogP contribution in [0.5, 0.6) is 0 Å². The zero-order valence-corrected chi connectivity index (χ0v) is 6.84. The molecule has 1 aromatic rings. The molecule has 0 heterocycles. The van der Waals surface area contributed by atoms with Crippen molar-refractivity contribution in [1.82, 2.24) is 0 Å². The van der Waals surface area contributed by atoms with E-state index in [1.807, 2.05) is 18.2 Å². The molecule has 0 atom stereocenters. The monoisotopic (exact) mass is 168 g/mol. The summed E-state index contributed by atoms with van der Waals surface area (Å²) in [6.45, 7) is 0. The van der Waals surface area contributed by atoms with Crippen LogP contribution in [0.4, 0.5) is 0 Å². The first kappa shape index (κ1) is 8.28. The Balaban J connectivity index is 2.82.